The van der Waals surface area contributed by atoms with Gasteiger partial charge in [-0.25, -0.2) is 0 Å². The first-order valence-electron chi connectivity index (χ1n) is 10.5. The lowest BCUT2D eigenvalue weighted by molar-refractivity contribution is -0.141. The fraction of sp³-hybridized carbons (Fsp3) is 0.636. The van der Waals surface area contributed by atoms with E-state index in [1.54, 1.807) is 35.1 Å². The van der Waals surface area contributed by atoms with Crippen LogP contribution in [0.2, 0.25) is 0 Å². The molecule has 0 N–H and O–H groups in total. The predicted octanol–water partition coefficient (Wildman–Crippen LogP) is 2.30. The van der Waals surface area contributed by atoms with Crippen molar-refractivity contribution in [1.82, 2.24) is 9.80 Å². The number of rotatable bonds is 3. The summed E-state index contributed by atoms with van der Waals surface area (Å²) in [4.78, 5) is 30.5. The molecule has 2 amide bonds. The minimum atomic E-state index is -0.695. The molecule has 1 aromatic rings. The Morgan fingerprint density at radius 2 is 1.90 bits per heavy atom. The molecule has 3 aliphatic rings. The van der Waals surface area contributed by atoms with Crippen LogP contribution in [0.4, 0.5) is 0 Å². The Labute approximate surface area is 171 Å². The van der Waals surface area contributed by atoms with E-state index in [9.17, 15) is 9.59 Å². The second-order valence-electron chi connectivity index (χ2n) is 8.30. The van der Waals surface area contributed by atoms with E-state index in [0.717, 1.165) is 25.7 Å². The number of benzene rings is 1. The number of hydrogen-bond donors (Lipinski definition) is 0. The van der Waals surface area contributed by atoms with Gasteiger partial charge in [-0.1, -0.05) is 13.0 Å². The SMILES string of the molecule is COc1cccc(C(=O)N2C(C(=O)N3CCOCC3)COC23CCC(C)CC3)c1. The summed E-state index contributed by atoms with van der Waals surface area (Å²) >= 11 is 0. The van der Waals surface area contributed by atoms with Crippen LogP contribution in [0.1, 0.15) is 43.0 Å². The summed E-state index contributed by atoms with van der Waals surface area (Å²) in [7, 11) is 1.58. The van der Waals surface area contributed by atoms with E-state index < -0.39 is 11.8 Å². The van der Waals surface area contributed by atoms with Gasteiger partial charge in [0.15, 0.2) is 0 Å². The number of carbonyl (C=O) groups excluding carboxylic acids is 2. The first kappa shape index (κ1) is 20.2. The van der Waals surface area contributed by atoms with Crippen LogP contribution in [0.3, 0.4) is 0 Å². The number of carbonyl (C=O) groups is 2. The van der Waals surface area contributed by atoms with Crippen LogP contribution in [0, 0.1) is 5.92 Å². The average molecular weight is 402 g/mol. The Morgan fingerprint density at radius 1 is 1.17 bits per heavy atom. The molecule has 158 valence electrons. The molecule has 0 aromatic heterocycles. The molecule has 7 heteroatoms. The first-order valence-corrected chi connectivity index (χ1v) is 10.5. The van der Waals surface area contributed by atoms with Crippen molar-refractivity contribution in [2.45, 2.75) is 44.4 Å². The highest BCUT2D eigenvalue weighted by atomic mass is 16.5. The second-order valence-corrected chi connectivity index (χ2v) is 8.30. The van der Waals surface area contributed by atoms with Crippen molar-refractivity contribution >= 4 is 11.8 Å². The summed E-state index contributed by atoms with van der Waals surface area (Å²) in [6.07, 6.45) is 3.49. The monoisotopic (exact) mass is 402 g/mol. The highest BCUT2D eigenvalue weighted by Crippen LogP contribution is 2.43. The molecule has 2 saturated heterocycles. The fourth-order valence-corrected chi connectivity index (χ4v) is 4.66. The van der Waals surface area contributed by atoms with E-state index in [4.69, 9.17) is 14.2 Å². The normalized spacial score (nSPS) is 29.9. The molecular weight excluding hydrogens is 372 g/mol. The first-order chi connectivity index (χ1) is 14.0. The Bertz CT molecular complexity index is 753. The van der Waals surface area contributed by atoms with Gasteiger partial charge in [-0.05, 0) is 49.8 Å². The van der Waals surface area contributed by atoms with Crippen molar-refractivity contribution in [3.63, 3.8) is 0 Å². The van der Waals surface area contributed by atoms with Crippen molar-refractivity contribution in [2.75, 3.05) is 40.0 Å². The van der Waals surface area contributed by atoms with Crippen LogP contribution in [-0.4, -0.2) is 73.4 Å². The predicted molar refractivity (Wildman–Crippen MR) is 107 cm³/mol. The third-order valence-corrected chi connectivity index (χ3v) is 6.46. The molecule has 1 saturated carbocycles. The summed E-state index contributed by atoms with van der Waals surface area (Å²) in [6, 6.07) is 6.53. The van der Waals surface area contributed by atoms with Gasteiger partial charge in [-0.15, -0.1) is 0 Å². The molecule has 7 nitrogen and oxygen atoms in total. The smallest absolute Gasteiger partial charge is 0.257 e. The molecule has 1 unspecified atom stereocenters. The largest absolute Gasteiger partial charge is 0.497 e. The van der Waals surface area contributed by atoms with Gasteiger partial charge < -0.3 is 19.1 Å². The fourth-order valence-electron chi connectivity index (χ4n) is 4.66. The zero-order chi connectivity index (χ0) is 20.4. The minimum Gasteiger partial charge on any atom is -0.497 e. The highest BCUT2D eigenvalue weighted by molar-refractivity contribution is 5.98. The van der Waals surface area contributed by atoms with Gasteiger partial charge in [0.1, 0.15) is 17.5 Å². The van der Waals surface area contributed by atoms with Gasteiger partial charge in [-0.2, -0.15) is 0 Å². The Balaban J connectivity index is 1.65. The summed E-state index contributed by atoms with van der Waals surface area (Å²) in [5.74, 6) is 1.02. The highest BCUT2D eigenvalue weighted by Gasteiger charge is 2.54. The number of amides is 2. The third kappa shape index (κ3) is 3.85. The Morgan fingerprint density at radius 3 is 2.59 bits per heavy atom. The molecule has 2 heterocycles. The third-order valence-electron chi connectivity index (χ3n) is 6.46. The summed E-state index contributed by atoms with van der Waals surface area (Å²) in [6.45, 7) is 4.66. The molecule has 4 rings (SSSR count). The van der Waals surface area contributed by atoms with Gasteiger partial charge in [0, 0.05) is 18.7 Å². The van der Waals surface area contributed by atoms with E-state index in [-0.39, 0.29) is 18.4 Å². The average Bonchev–Trinajstić information content (AvgIpc) is 3.14. The molecule has 0 radical (unpaired) electrons. The van der Waals surface area contributed by atoms with E-state index in [1.807, 2.05) is 6.07 Å². The molecule has 29 heavy (non-hydrogen) atoms. The summed E-state index contributed by atoms with van der Waals surface area (Å²) in [5.41, 5.74) is -0.174. The molecule has 1 spiro atoms. The zero-order valence-corrected chi connectivity index (χ0v) is 17.3. The van der Waals surface area contributed by atoms with Gasteiger partial charge in [0.2, 0.25) is 5.91 Å². The molecule has 2 aliphatic heterocycles. The maximum Gasteiger partial charge on any atom is 0.257 e. The van der Waals surface area contributed by atoms with Crippen LogP contribution in [0.25, 0.3) is 0 Å². The van der Waals surface area contributed by atoms with Crippen LogP contribution in [-0.2, 0) is 14.3 Å². The van der Waals surface area contributed by atoms with Crippen molar-refractivity contribution in [1.29, 1.82) is 0 Å². The van der Waals surface area contributed by atoms with Gasteiger partial charge in [-0.3, -0.25) is 14.5 Å². The van der Waals surface area contributed by atoms with E-state index in [0.29, 0.717) is 43.5 Å². The van der Waals surface area contributed by atoms with Crippen molar-refractivity contribution in [3.8, 4) is 5.75 Å². The van der Waals surface area contributed by atoms with Crippen molar-refractivity contribution in [3.05, 3.63) is 29.8 Å². The maximum atomic E-state index is 13.7. The number of hydrogen-bond acceptors (Lipinski definition) is 5. The van der Waals surface area contributed by atoms with Crippen LogP contribution in [0.15, 0.2) is 24.3 Å². The number of morpholine rings is 1. The zero-order valence-electron chi connectivity index (χ0n) is 17.3. The van der Waals surface area contributed by atoms with Crippen LogP contribution >= 0.6 is 0 Å². The topological polar surface area (TPSA) is 68.3 Å². The van der Waals surface area contributed by atoms with Crippen molar-refractivity contribution in [2.24, 2.45) is 5.92 Å². The lowest BCUT2D eigenvalue weighted by Gasteiger charge is -2.43. The molecule has 1 aliphatic carbocycles. The molecule has 1 atom stereocenters. The number of ether oxygens (including phenoxy) is 3. The van der Waals surface area contributed by atoms with Gasteiger partial charge in [0.05, 0.1) is 26.9 Å². The quantitative estimate of drug-likeness (QED) is 0.776. The van der Waals surface area contributed by atoms with E-state index >= 15 is 0 Å². The van der Waals surface area contributed by atoms with Gasteiger partial charge in [0.25, 0.3) is 5.91 Å². The number of methoxy groups -OCH3 is 1. The molecule has 0 bridgehead atoms. The summed E-state index contributed by atoms with van der Waals surface area (Å²) < 4.78 is 16.9. The summed E-state index contributed by atoms with van der Waals surface area (Å²) in [5, 5.41) is 0. The van der Waals surface area contributed by atoms with Crippen molar-refractivity contribution < 1.29 is 23.8 Å². The van der Waals surface area contributed by atoms with Crippen LogP contribution < -0.4 is 4.74 Å². The molecule has 1 aromatic carbocycles. The van der Waals surface area contributed by atoms with E-state index in [1.165, 1.54) is 0 Å². The number of nitrogens with zero attached hydrogens (tertiary/aromatic N) is 2. The van der Waals surface area contributed by atoms with Gasteiger partial charge >= 0.3 is 0 Å². The Hall–Kier alpha value is -2.12. The lowest BCUT2D eigenvalue weighted by Crippen LogP contribution is -2.58. The maximum absolute atomic E-state index is 13.7. The standard InChI is InChI=1S/C22H30N2O5/c1-16-6-8-22(9-7-16)24(20(25)17-4-3-5-18(14-17)27-2)19(15-29-22)21(26)23-10-12-28-13-11-23/h3-5,14,16,19H,6-13,15H2,1-2H3. The molecular formula is C22H30N2O5. The van der Waals surface area contributed by atoms with Crippen LogP contribution in [0.5, 0.6) is 5.75 Å². The Kier molecular flexibility index (Phi) is 5.79. The molecule has 3 fully saturated rings. The lowest BCUT2D eigenvalue weighted by atomic mass is 9.83. The van der Waals surface area contributed by atoms with E-state index in [2.05, 4.69) is 6.92 Å². The minimum absolute atomic E-state index is 0.0416. The second kappa shape index (κ2) is 8.32.